The molecule has 5 rings (SSSR count). The number of imidazole rings is 1. The van der Waals surface area contributed by atoms with Gasteiger partial charge in [-0.05, 0) is 60.7 Å². The molecule has 33 heavy (non-hydrogen) atoms. The Morgan fingerprint density at radius 2 is 1.39 bits per heavy atom. The van der Waals surface area contributed by atoms with E-state index < -0.39 is 5.56 Å². The summed E-state index contributed by atoms with van der Waals surface area (Å²) < 4.78 is 1.69. The molecule has 2 aromatic heterocycles. The fourth-order valence-electron chi connectivity index (χ4n) is 3.46. The topological polar surface area (TPSA) is 63.6 Å². The van der Waals surface area contributed by atoms with E-state index in [1.165, 1.54) is 0 Å². The molecular formula is C23H11Cl5N4O. The number of H-pyrrole nitrogens is 1. The van der Waals surface area contributed by atoms with Gasteiger partial charge in [0.05, 0.1) is 15.7 Å². The van der Waals surface area contributed by atoms with Crippen molar-refractivity contribution in [2.24, 2.45) is 0 Å². The number of aromatic nitrogens is 4. The molecule has 10 heteroatoms. The molecule has 0 radical (unpaired) electrons. The number of halogens is 5. The van der Waals surface area contributed by atoms with Crippen LogP contribution in [0, 0.1) is 0 Å². The summed E-state index contributed by atoms with van der Waals surface area (Å²) in [6, 6.07) is 17.0. The molecule has 2 heterocycles. The van der Waals surface area contributed by atoms with Crippen molar-refractivity contribution in [1.29, 1.82) is 0 Å². The van der Waals surface area contributed by atoms with Crippen molar-refractivity contribution in [3.8, 4) is 28.5 Å². The highest BCUT2D eigenvalue weighted by Gasteiger charge is 2.21. The molecule has 0 aliphatic carbocycles. The van der Waals surface area contributed by atoms with Gasteiger partial charge in [0, 0.05) is 26.2 Å². The first-order valence-corrected chi connectivity index (χ1v) is 11.4. The van der Waals surface area contributed by atoms with Gasteiger partial charge in [-0.15, -0.1) is 0 Å². The minimum absolute atomic E-state index is 0.129. The Labute approximate surface area is 212 Å². The zero-order chi connectivity index (χ0) is 23.3. The largest absolute Gasteiger partial charge is 0.304 e. The van der Waals surface area contributed by atoms with Crippen LogP contribution < -0.4 is 5.56 Å². The maximum absolute atomic E-state index is 13.1. The predicted molar refractivity (Wildman–Crippen MR) is 135 cm³/mol. The Hall–Kier alpha value is -2.54. The van der Waals surface area contributed by atoms with Crippen molar-refractivity contribution in [3.63, 3.8) is 0 Å². The zero-order valence-electron chi connectivity index (χ0n) is 16.4. The molecule has 0 amide bonds. The van der Waals surface area contributed by atoms with E-state index in [4.69, 9.17) is 63.0 Å². The Morgan fingerprint density at radius 1 is 0.727 bits per heavy atom. The third-order valence-electron chi connectivity index (χ3n) is 4.96. The SMILES string of the molecule is O=c1[nH]c(-c2ccc(Cl)cc2Cl)nc2c1nc(-c1ccc(Cl)cc1)n2-c1cc(Cl)ccc1Cl. The first-order chi connectivity index (χ1) is 15.8. The maximum Gasteiger partial charge on any atom is 0.279 e. The third-order valence-corrected chi connectivity index (χ3v) is 6.31. The molecule has 3 aromatic carbocycles. The van der Waals surface area contributed by atoms with Gasteiger partial charge in [-0.1, -0.05) is 58.0 Å². The van der Waals surface area contributed by atoms with Crippen LogP contribution in [0.2, 0.25) is 25.1 Å². The normalized spacial score (nSPS) is 11.3. The van der Waals surface area contributed by atoms with Gasteiger partial charge in [0.25, 0.3) is 5.56 Å². The number of rotatable bonds is 3. The molecule has 0 spiro atoms. The summed E-state index contributed by atoms with van der Waals surface area (Å²) in [4.78, 5) is 25.1. The second-order valence-corrected chi connectivity index (χ2v) is 9.21. The highest BCUT2D eigenvalue weighted by molar-refractivity contribution is 6.36. The van der Waals surface area contributed by atoms with Gasteiger partial charge in [0.15, 0.2) is 11.2 Å². The first-order valence-electron chi connectivity index (χ1n) is 9.51. The van der Waals surface area contributed by atoms with Crippen LogP contribution in [0.3, 0.4) is 0 Å². The third kappa shape index (κ3) is 4.12. The van der Waals surface area contributed by atoms with Gasteiger partial charge in [0.2, 0.25) is 0 Å². The average Bonchev–Trinajstić information content (AvgIpc) is 3.16. The van der Waals surface area contributed by atoms with E-state index in [1.54, 1.807) is 65.2 Å². The van der Waals surface area contributed by atoms with Gasteiger partial charge < -0.3 is 4.98 Å². The van der Waals surface area contributed by atoms with E-state index in [0.717, 1.165) is 0 Å². The molecule has 164 valence electrons. The maximum atomic E-state index is 13.1. The van der Waals surface area contributed by atoms with E-state index in [9.17, 15) is 4.79 Å². The molecule has 0 aliphatic rings. The highest BCUT2D eigenvalue weighted by Crippen LogP contribution is 2.34. The van der Waals surface area contributed by atoms with Crippen LogP contribution in [0.15, 0.2) is 65.5 Å². The molecule has 0 unspecified atom stereocenters. The summed E-state index contributed by atoms with van der Waals surface area (Å²) in [5, 5.41) is 2.24. The lowest BCUT2D eigenvalue weighted by atomic mass is 10.2. The fourth-order valence-corrected chi connectivity index (χ4v) is 4.45. The van der Waals surface area contributed by atoms with Crippen LogP contribution in [-0.4, -0.2) is 19.5 Å². The van der Waals surface area contributed by atoms with Crippen LogP contribution in [0.25, 0.3) is 39.6 Å². The highest BCUT2D eigenvalue weighted by atomic mass is 35.5. The quantitative estimate of drug-likeness (QED) is 0.257. The van der Waals surface area contributed by atoms with Crippen LogP contribution in [-0.2, 0) is 0 Å². The second-order valence-electron chi connectivity index (χ2n) is 7.08. The molecule has 0 aliphatic heterocycles. The average molecular weight is 537 g/mol. The number of nitrogens with zero attached hydrogens (tertiary/aromatic N) is 3. The van der Waals surface area contributed by atoms with Gasteiger partial charge in [0.1, 0.15) is 11.6 Å². The van der Waals surface area contributed by atoms with Crippen molar-refractivity contribution in [2.75, 3.05) is 0 Å². The van der Waals surface area contributed by atoms with E-state index in [2.05, 4.69) is 9.97 Å². The van der Waals surface area contributed by atoms with Crippen LogP contribution in [0.1, 0.15) is 0 Å². The monoisotopic (exact) mass is 534 g/mol. The number of hydrogen-bond donors (Lipinski definition) is 1. The number of fused-ring (bicyclic) bond motifs is 1. The summed E-state index contributed by atoms with van der Waals surface area (Å²) in [6.07, 6.45) is 0. The number of hydrogen-bond acceptors (Lipinski definition) is 3. The Morgan fingerprint density at radius 3 is 2.12 bits per heavy atom. The molecule has 1 N–H and O–H groups in total. The van der Waals surface area contributed by atoms with Gasteiger partial charge in [-0.3, -0.25) is 9.36 Å². The molecule has 0 bridgehead atoms. The van der Waals surface area contributed by atoms with Crippen LogP contribution in [0.4, 0.5) is 0 Å². The minimum atomic E-state index is -0.437. The first kappa shape index (κ1) is 22.3. The zero-order valence-corrected chi connectivity index (χ0v) is 20.2. The van der Waals surface area contributed by atoms with Crippen LogP contribution >= 0.6 is 58.0 Å². The summed E-state index contributed by atoms with van der Waals surface area (Å²) in [6.45, 7) is 0. The lowest BCUT2D eigenvalue weighted by Crippen LogP contribution is -2.11. The lowest BCUT2D eigenvalue weighted by Gasteiger charge is -2.12. The van der Waals surface area contributed by atoms with E-state index in [0.29, 0.717) is 47.8 Å². The van der Waals surface area contributed by atoms with Gasteiger partial charge in [-0.2, -0.15) is 0 Å². The molecule has 0 saturated carbocycles. The number of aromatic amines is 1. The standard InChI is InChI=1S/C23H11Cl5N4O/c24-12-3-1-11(2-4-12)21-29-19-22(32(21)18-10-14(26)6-8-16(18)27)30-20(31-23(19)33)15-7-5-13(25)9-17(15)28/h1-10H,(H,30,31,33). The molecule has 0 atom stereocenters. The van der Waals surface area contributed by atoms with Crippen molar-refractivity contribution < 1.29 is 0 Å². The second kappa shape index (κ2) is 8.67. The molecule has 0 saturated heterocycles. The fraction of sp³-hybridized carbons (Fsp3) is 0. The molecular weight excluding hydrogens is 526 g/mol. The predicted octanol–water partition coefficient (Wildman–Crippen LogP) is 7.71. The van der Waals surface area contributed by atoms with Gasteiger partial charge in [-0.25, -0.2) is 9.97 Å². The molecule has 5 aromatic rings. The molecule has 5 nitrogen and oxygen atoms in total. The number of nitrogens with one attached hydrogen (secondary N) is 1. The van der Waals surface area contributed by atoms with E-state index in [1.807, 2.05) is 0 Å². The number of benzene rings is 3. The summed E-state index contributed by atoms with van der Waals surface area (Å²) in [5.41, 5.74) is 1.71. The van der Waals surface area contributed by atoms with Crippen molar-refractivity contribution >= 4 is 69.2 Å². The van der Waals surface area contributed by atoms with Gasteiger partial charge >= 0.3 is 0 Å². The summed E-state index contributed by atoms with van der Waals surface area (Å²) >= 11 is 31.3. The smallest absolute Gasteiger partial charge is 0.279 e. The van der Waals surface area contributed by atoms with E-state index >= 15 is 0 Å². The summed E-state index contributed by atoms with van der Waals surface area (Å²) in [5.74, 6) is 0.708. The Kier molecular flexibility index (Phi) is 5.85. The Balaban J connectivity index is 1.88. The van der Waals surface area contributed by atoms with Crippen molar-refractivity contribution in [1.82, 2.24) is 19.5 Å². The van der Waals surface area contributed by atoms with Crippen LogP contribution in [0.5, 0.6) is 0 Å². The lowest BCUT2D eigenvalue weighted by molar-refractivity contribution is 1.07. The van der Waals surface area contributed by atoms with Crippen molar-refractivity contribution in [2.45, 2.75) is 0 Å². The minimum Gasteiger partial charge on any atom is -0.304 e. The summed E-state index contributed by atoms with van der Waals surface area (Å²) in [7, 11) is 0. The molecule has 0 fully saturated rings. The van der Waals surface area contributed by atoms with Crippen molar-refractivity contribution in [3.05, 3.63) is 96.1 Å². The Bertz CT molecular complexity index is 1590. The van der Waals surface area contributed by atoms with E-state index in [-0.39, 0.29) is 17.0 Å².